The average Bonchev–Trinajstić information content (AvgIpc) is 3.07. The molecule has 142 valence electrons. The van der Waals surface area contributed by atoms with Crippen molar-refractivity contribution in [2.75, 3.05) is 6.61 Å². The van der Waals surface area contributed by atoms with Crippen LogP contribution in [0.25, 0.3) is 21.0 Å². The zero-order valence-electron chi connectivity index (χ0n) is 16.0. The van der Waals surface area contributed by atoms with Crippen molar-refractivity contribution < 1.29 is 9.53 Å². The third-order valence-corrected chi connectivity index (χ3v) is 5.83. The van der Waals surface area contributed by atoms with Crippen molar-refractivity contribution in [2.24, 2.45) is 4.99 Å². The van der Waals surface area contributed by atoms with Gasteiger partial charge in [-0.1, -0.05) is 53.8 Å². The number of ether oxygens (including phenoxy) is 1. The Balaban J connectivity index is 1.70. The maximum atomic E-state index is 12.6. The number of aromatic nitrogens is 1. The van der Waals surface area contributed by atoms with Crippen LogP contribution in [0.2, 0.25) is 0 Å². The molecule has 0 fully saturated rings. The summed E-state index contributed by atoms with van der Waals surface area (Å²) in [5.74, 6) is 0.679. The van der Waals surface area contributed by atoms with Gasteiger partial charge in [0.15, 0.2) is 4.80 Å². The molecule has 28 heavy (non-hydrogen) atoms. The van der Waals surface area contributed by atoms with E-state index in [-0.39, 0.29) is 12.3 Å². The largest absolute Gasteiger partial charge is 0.494 e. The van der Waals surface area contributed by atoms with Gasteiger partial charge in [0.1, 0.15) is 5.75 Å². The van der Waals surface area contributed by atoms with Gasteiger partial charge in [-0.25, -0.2) is 0 Å². The summed E-state index contributed by atoms with van der Waals surface area (Å²) in [7, 11) is 0. The third-order valence-electron chi connectivity index (χ3n) is 4.70. The molecule has 0 bridgehead atoms. The predicted molar refractivity (Wildman–Crippen MR) is 115 cm³/mol. The van der Waals surface area contributed by atoms with Crippen molar-refractivity contribution in [3.05, 3.63) is 71.0 Å². The number of nitrogens with zero attached hydrogens (tertiary/aromatic N) is 2. The van der Waals surface area contributed by atoms with Gasteiger partial charge >= 0.3 is 0 Å². The highest BCUT2D eigenvalue weighted by molar-refractivity contribution is 7.17. The monoisotopic (exact) mass is 390 g/mol. The maximum absolute atomic E-state index is 12.6. The first-order valence-electron chi connectivity index (χ1n) is 9.50. The molecule has 0 N–H and O–H groups in total. The number of rotatable bonds is 5. The van der Waals surface area contributed by atoms with Crippen LogP contribution in [0.3, 0.4) is 0 Å². The zero-order chi connectivity index (χ0) is 19.5. The Morgan fingerprint density at radius 3 is 2.57 bits per heavy atom. The van der Waals surface area contributed by atoms with Gasteiger partial charge in [-0.2, -0.15) is 4.99 Å². The molecule has 0 saturated carbocycles. The second-order valence-corrected chi connectivity index (χ2v) is 7.50. The predicted octanol–water partition coefficient (Wildman–Crippen LogP) is 4.94. The van der Waals surface area contributed by atoms with Gasteiger partial charge in [-0.15, -0.1) is 0 Å². The maximum Gasteiger partial charge on any atom is 0.252 e. The van der Waals surface area contributed by atoms with Gasteiger partial charge < -0.3 is 9.30 Å². The molecular formula is C23H22N2O2S. The molecule has 5 heteroatoms. The molecule has 4 aromatic rings. The number of thiazole rings is 1. The molecule has 4 nitrogen and oxygen atoms in total. The summed E-state index contributed by atoms with van der Waals surface area (Å²) in [5.41, 5.74) is 2.06. The molecule has 4 rings (SSSR count). The van der Waals surface area contributed by atoms with Gasteiger partial charge in [0.2, 0.25) is 0 Å². The summed E-state index contributed by atoms with van der Waals surface area (Å²) in [5, 5.41) is 2.40. The molecule has 1 heterocycles. The van der Waals surface area contributed by atoms with Crippen LogP contribution in [0, 0.1) is 0 Å². The average molecular weight is 391 g/mol. The molecule has 0 unspecified atom stereocenters. The van der Waals surface area contributed by atoms with E-state index in [0.29, 0.717) is 6.61 Å². The normalized spacial score (nSPS) is 12.0. The Bertz CT molecular complexity index is 1200. The van der Waals surface area contributed by atoms with Crippen molar-refractivity contribution >= 4 is 38.2 Å². The second kappa shape index (κ2) is 7.98. The van der Waals surface area contributed by atoms with Crippen LogP contribution in [-0.2, 0) is 17.8 Å². The number of benzene rings is 3. The molecule has 0 saturated heterocycles. The van der Waals surface area contributed by atoms with Crippen molar-refractivity contribution in [3.8, 4) is 5.75 Å². The fraction of sp³-hybridized carbons (Fsp3) is 0.217. The molecule has 1 amide bonds. The lowest BCUT2D eigenvalue weighted by Gasteiger charge is -2.04. The van der Waals surface area contributed by atoms with Crippen LogP contribution in [0.1, 0.15) is 19.4 Å². The molecule has 3 aromatic carbocycles. The van der Waals surface area contributed by atoms with E-state index < -0.39 is 0 Å². The Hall–Kier alpha value is -2.92. The summed E-state index contributed by atoms with van der Waals surface area (Å²) in [6.07, 6.45) is 0.283. The number of fused-ring (bicyclic) bond motifs is 3. The van der Waals surface area contributed by atoms with E-state index in [1.165, 1.54) is 15.5 Å². The highest BCUT2D eigenvalue weighted by Gasteiger charge is 2.10. The van der Waals surface area contributed by atoms with Crippen LogP contribution in [0.15, 0.2) is 65.7 Å². The smallest absolute Gasteiger partial charge is 0.252 e. The molecule has 1 aromatic heterocycles. The van der Waals surface area contributed by atoms with Crippen LogP contribution in [-0.4, -0.2) is 17.1 Å². The summed E-state index contributed by atoms with van der Waals surface area (Å²) < 4.78 is 8.74. The minimum absolute atomic E-state index is 0.137. The second-order valence-electron chi connectivity index (χ2n) is 6.52. The minimum atomic E-state index is -0.137. The van der Waals surface area contributed by atoms with Gasteiger partial charge in [-0.3, -0.25) is 4.79 Å². The fourth-order valence-electron chi connectivity index (χ4n) is 3.38. The lowest BCUT2D eigenvalue weighted by molar-refractivity contribution is -0.117. The Labute approximate surface area is 167 Å². The standard InChI is InChI=1S/C23H22N2O2S/c1-3-25-20-14-11-17-7-5-6-8-19(17)22(20)28-23(25)24-21(26)15-16-9-12-18(13-10-16)27-4-2/h5-14H,3-4,15H2,1-2H3. The van der Waals surface area contributed by atoms with Crippen LogP contribution >= 0.6 is 11.3 Å². The zero-order valence-corrected chi connectivity index (χ0v) is 16.8. The minimum Gasteiger partial charge on any atom is -0.494 e. The Morgan fingerprint density at radius 1 is 1.04 bits per heavy atom. The number of hydrogen-bond acceptors (Lipinski definition) is 3. The number of carbonyl (C=O) groups is 1. The summed E-state index contributed by atoms with van der Waals surface area (Å²) in [6, 6.07) is 20.2. The number of aryl methyl sites for hydroxylation is 1. The van der Waals surface area contributed by atoms with Crippen molar-refractivity contribution in [2.45, 2.75) is 26.8 Å². The van der Waals surface area contributed by atoms with Gasteiger partial charge in [-0.05, 0) is 43.0 Å². The van der Waals surface area contributed by atoms with Gasteiger partial charge in [0, 0.05) is 11.9 Å². The fourth-order valence-corrected chi connectivity index (χ4v) is 4.63. The topological polar surface area (TPSA) is 43.6 Å². The highest BCUT2D eigenvalue weighted by atomic mass is 32.1. The molecule has 0 spiro atoms. The van der Waals surface area contributed by atoms with Crippen LogP contribution in [0.5, 0.6) is 5.75 Å². The molecule has 0 radical (unpaired) electrons. The van der Waals surface area contributed by atoms with Gasteiger partial charge in [0.25, 0.3) is 5.91 Å². The van der Waals surface area contributed by atoms with Gasteiger partial charge in [0.05, 0.1) is 23.2 Å². The van der Waals surface area contributed by atoms with Crippen LogP contribution < -0.4 is 9.54 Å². The number of hydrogen-bond donors (Lipinski definition) is 0. The Kier molecular flexibility index (Phi) is 5.26. The lowest BCUT2D eigenvalue weighted by atomic mass is 10.1. The first-order chi connectivity index (χ1) is 13.7. The van der Waals surface area contributed by atoms with Crippen molar-refractivity contribution in [1.82, 2.24) is 4.57 Å². The molecular weight excluding hydrogens is 368 g/mol. The molecule has 0 aliphatic heterocycles. The number of amides is 1. The molecule has 0 aliphatic rings. The van der Waals surface area contributed by atoms with E-state index in [1.54, 1.807) is 11.3 Å². The summed E-state index contributed by atoms with van der Waals surface area (Å²) in [6.45, 7) is 5.43. The van der Waals surface area contributed by atoms with E-state index in [4.69, 9.17) is 4.74 Å². The van der Waals surface area contributed by atoms with E-state index in [0.717, 1.165) is 28.2 Å². The quantitative estimate of drug-likeness (QED) is 0.484. The molecule has 0 aliphatic carbocycles. The Morgan fingerprint density at radius 2 is 1.82 bits per heavy atom. The summed E-state index contributed by atoms with van der Waals surface area (Å²) >= 11 is 1.58. The van der Waals surface area contributed by atoms with E-state index in [1.807, 2.05) is 43.3 Å². The first kappa shape index (κ1) is 18.4. The SMILES string of the molecule is CCOc1ccc(CC(=O)N=c2sc3c4ccccc4ccc3n2CC)cc1. The highest BCUT2D eigenvalue weighted by Crippen LogP contribution is 2.27. The molecule has 0 atom stereocenters. The van der Waals surface area contributed by atoms with E-state index in [9.17, 15) is 4.79 Å². The van der Waals surface area contributed by atoms with Crippen LogP contribution in [0.4, 0.5) is 0 Å². The van der Waals surface area contributed by atoms with Crippen molar-refractivity contribution in [3.63, 3.8) is 0 Å². The third kappa shape index (κ3) is 3.58. The van der Waals surface area contributed by atoms with Crippen molar-refractivity contribution in [1.29, 1.82) is 0 Å². The summed E-state index contributed by atoms with van der Waals surface area (Å²) in [4.78, 5) is 17.8. The first-order valence-corrected chi connectivity index (χ1v) is 10.3. The van der Waals surface area contributed by atoms with E-state index >= 15 is 0 Å². The lowest BCUT2D eigenvalue weighted by Crippen LogP contribution is -2.16. The number of carbonyl (C=O) groups excluding carboxylic acids is 1. The van der Waals surface area contributed by atoms with E-state index in [2.05, 4.69) is 40.7 Å².